The summed E-state index contributed by atoms with van der Waals surface area (Å²) in [6.45, 7) is 11.0. The number of nitrogens with zero attached hydrogens (tertiary/aromatic N) is 3. The molecule has 132 valence electrons. The van der Waals surface area contributed by atoms with Gasteiger partial charge >= 0.3 is 0 Å². The number of aromatic nitrogens is 1. The Morgan fingerprint density at radius 1 is 1.04 bits per heavy atom. The standard InChI is InChI=1S/C19H29N3O2/c1-13(2)22-14(3)12-17(15(22)4)19(24)21-10-8-20(9-11-21)18(23)16-6-5-7-16/h12-13,16H,5-11H2,1-4H3. The topological polar surface area (TPSA) is 45.6 Å². The Balaban J connectivity index is 1.65. The summed E-state index contributed by atoms with van der Waals surface area (Å²) in [6.07, 6.45) is 3.26. The van der Waals surface area contributed by atoms with Gasteiger partial charge in [-0.2, -0.15) is 0 Å². The molecule has 0 bridgehead atoms. The SMILES string of the molecule is Cc1cc(C(=O)N2CCN(C(=O)C3CCC3)CC2)c(C)n1C(C)C. The largest absolute Gasteiger partial charge is 0.346 e. The van der Waals surface area contributed by atoms with E-state index in [0.29, 0.717) is 38.1 Å². The molecular formula is C19H29N3O2. The van der Waals surface area contributed by atoms with Crippen LogP contribution in [-0.4, -0.2) is 52.4 Å². The maximum absolute atomic E-state index is 12.9. The highest BCUT2D eigenvalue weighted by atomic mass is 16.2. The molecule has 5 nitrogen and oxygen atoms in total. The van der Waals surface area contributed by atoms with E-state index in [9.17, 15) is 9.59 Å². The van der Waals surface area contributed by atoms with Gasteiger partial charge in [0.2, 0.25) is 5.91 Å². The molecule has 3 rings (SSSR count). The molecule has 5 heteroatoms. The molecule has 0 radical (unpaired) electrons. The number of rotatable bonds is 3. The molecule has 0 aromatic carbocycles. The lowest BCUT2D eigenvalue weighted by molar-refractivity contribution is -0.139. The molecule has 1 saturated carbocycles. The van der Waals surface area contributed by atoms with Gasteiger partial charge < -0.3 is 14.4 Å². The van der Waals surface area contributed by atoms with E-state index >= 15 is 0 Å². The van der Waals surface area contributed by atoms with E-state index < -0.39 is 0 Å². The fourth-order valence-electron chi connectivity index (χ4n) is 4.00. The average molecular weight is 331 g/mol. The second-order valence-electron chi connectivity index (χ2n) is 7.49. The maximum Gasteiger partial charge on any atom is 0.255 e. The van der Waals surface area contributed by atoms with Crippen LogP contribution in [0.1, 0.15) is 60.9 Å². The van der Waals surface area contributed by atoms with E-state index in [-0.39, 0.29) is 11.8 Å². The summed E-state index contributed by atoms with van der Waals surface area (Å²) in [4.78, 5) is 29.1. The number of carbonyl (C=O) groups excluding carboxylic acids is 2. The molecule has 0 spiro atoms. The summed E-state index contributed by atoms with van der Waals surface area (Å²) in [6, 6.07) is 2.35. The van der Waals surface area contributed by atoms with Crippen LogP contribution in [0.25, 0.3) is 0 Å². The zero-order chi connectivity index (χ0) is 17.4. The monoisotopic (exact) mass is 331 g/mol. The summed E-state index contributed by atoms with van der Waals surface area (Å²) in [5, 5.41) is 0. The van der Waals surface area contributed by atoms with Crippen LogP contribution < -0.4 is 0 Å². The number of aryl methyl sites for hydroxylation is 1. The van der Waals surface area contributed by atoms with Crippen molar-refractivity contribution in [3.8, 4) is 0 Å². The molecular weight excluding hydrogens is 302 g/mol. The molecule has 2 aliphatic rings. The second-order valence-corrected chi connectivity index (χ2v) is 7.49. The Labute approximate surface area is 144 Å². The number of hydrogen-bond donors (Lipinski definition) is 0. The zero-order valence-electron chi connectivity index (χ0n) is 15.3. The number of piperazine rings is 1. The third kappa shape index (κ3) is 2.96. The minimum absolute atomic E-state index is 0.103. The Hall–Kier alpha value is -1.78. The van der Waals surface area contributed by atoms with Crippen molar-refractivity contribution < 1.29 is 9.59 Å². The van der Waals surface area contributed by atoms with E-state index in [2.05, 4.69) is 25.3 Å². The van der Waals surface area contributed by atoms with Crippen molar-refractivity contribution in [1.82, 2.24) is 14.4 Å². The highest BCUT2D eigenvalue weighted by molar-refractivity contribution is 5.96. The number of carbonyl (C=O) groups is 2. The van der Waals surface area contributed by atoms with Gasteiger partial charge in [-0.15, -0.1) is 0 Å². The first-order valence-electron chi connectivity index (χ1n) is 9.16. The normalized spacial score (nSPS) is 18.9. The van der Waals surface area contributed by atoms with Gasteiger partial charge in [0.25, 0.3) is 5.91 Å². The molecule has 2 heterocycles. The molecule has 1 aliphatic heterocycles. The van der Waals surface area contributed by atoms with Gasteiger partial charge in [0, 0.05) is 49.5 Å². The van der Waals surface area contributed by atoms with Crippen molar-refractivity contribution >= 4 is 11.8 Å². The first kappa shape index (κ1) is 17.1. The molecule has 1 aromatic heterocycles. The maximum atomic E-state index is 12.9. The van der Waals surface area contributed by atoms with Gasteiger partial charge in [-0.3, -0.25) is 9.59 Å². The summed E-state index contributed by atoms with van der Waals surface area (Å²) in [5.74, 6) is 0.647. The Morgan fingerprint density at radius 2 is 1.62 bits per heavy atom. The Morgan fingerprint density at radius 3 is 2.08 bits per heavy atom. The van der Waals surface area contributed by atoms with Crippen LogP contribution >= 0.6 is 0 Å². The summed E-state index contributed by atoms with van der Waals surface area (Å²) in [5.41, 5.74) is 2.98. The van der Waals surface area contributed by atoms with E-state index in [1.54, 1.807) is 0 Å². The van der Waals surface area contributed by atoms with Gasteiger partial charge in [-0.1, -0.05) is 6.42 Å². The minimum atomic E-state index is 0.103. The Bertz CT molecular complexity index is 635. The van der Waals surface area contributed by atoms with Crippen LogP contribution in [0.4, 0.5) is 0 Å². The summed E-state index contributed by atoms with van der Waals surface area (Å²) >= 11 is 0. The lowest BCUT2D eigenvalue weighted by Gasteiger charge is -2.38. The van der Waals surface area contributed by atoms with Crippen LogP contribution in [0.2, 0.25) is 0 Å². The van der Waals surface area contributed by atoms with E-state index in [1.807, 2.05) is 22.8 Å². The van der Waals surface area contributed by atoms with Crippen molar-refractivity contribution in [3.63, 3.8) is 0 Å². The van der Waals surface area contributed by atoms with E-state index in [0.717, 1.165) is 29.8 Å². The number of amides is 2. The molecule has 1 saturated heterocycles. The van der Waals surface area contributed by atoms with E-state index in [4.69, 9.17) is 0 Å². The van der Waals surface area contributed by atoms with Crippen molar-refractivity contribution in [3.05, 3.63) is 23.0 Å². The quantitative estimate of drug-likeness (QED) is 0.855. The molecule has 24 heavy (non-hydrogen) atoms. The smallest absolute Gasteiger partial charge is 0.255 e. The van der Waals surface area contributed by atoms with Gasteiger partial charge in [-0.25, -0.2) is 0 Å². The molecule has 0 atom stereocenters. The fourth-order valence-corrected chi connectivity index (χ4v) is 4.00. The van der Waals surface area contributed by atoms with Gasteiger partial charge in [0.05, 0.1) is 5.56 Å². The highest BCUT2D eigenvalue weighted by Gasteiger charge is 2.32. The van der Waals surface area contributed by atoms with Crippen molar-refractivity contribution in [2.45, 2.75) is 53.0 Å². The van der Waals surface area contributed by atoms with Gasteiger partial charge in [0.15, 0.2) is 0 Å². The van der Waals surface area contributed by atoms with Crippen molar-refractivity contribution in [2.24, 2.45) is 5.92 Å². The van der Waals surface area contributed by atoms with E-state index in [1.165, 1.54) is 6.42 Å². The fraction of sp³-hybridized carbons (Fsp3) is 0.684. The minimum Gasteiger partial charge on any atom is -0.346 e. The van der Waals surface area contributed by atoms with Crippen molar-refractivity contribution in [2.75, 3.05) is 26.2 Å². The predicted molar refractivity (Wildman–Crippen MR) is 94.1 cm³/mol. The molecule has 1 aliphatic carbocycles. The average Bonchev–Trinajstić information content (AvgIpc) is 2.79. The van der Waals surface area contributed by atoms with Crippen molar-refractivity contribution in [1.29, 1.82) is 0 Å². The molecule has 2 amide bonds. The first-order valence-corrected chi connectivity index (χ1v) is 9.16. The summed E-state index contributed by atoms with van der Waals surface area (Å²) in [7, 11) is 0. The van der Waals surface area contributed by atoms with Gasteiger partial charge in [0.1, 0.15) is 0 Å². The van der Waals surface area contributed by atoms with Gasteiger partial charge in [-0.05, 0) is 46.6 Å². The predicted octanol–water partition coefficient (Wildman–Crippen LogP) is 2.77. The molecule has 1 aromatic rings. The Kier molecular flexibility index (Phi) is 4.70. The van der Waals surface area contributed by atoms with Crippen LogP contribution in [0, 0.1) is 19.8 Å². The molecule has 2 fully saturated rings. The third-order valence-corrected chi connectivity index (χ3v) is 5.56. The molecule has 0 N–H and O–H groups in total. The second kappa shape index (κ2) is 6.61. The molecule has 0 unspecified atom stereocenters. The number of hydrogen-bond acceptors (Lipinski definition) is 2. The lowest BCUT2D eigenvalue weighted by Crippen LogP contribution is -2.52. The van der Waals surface area contributed by atoms with Crippen LogP contribution in [0.15, 0.2) is 6.07 Å². The van der Waals surface area contributed by atoms with Crippen LogP contribution in [0.5, 0.6) is 0 Å². The highest BCUT2D eigenvalue weighted by Crippen LogP contribution is 2.29. The van der Waals surface area contributed by atoms with Crippen LogP contribution in [0.3, 0.4) is 0 Å². The summed E-state index contributed by atoms with van der Waals surface area (Å²) < 4.78 is 2.21. The van der Waals surface area contributed by atoms with Crippen LogP contribution in [-0.2, 0) is 4.79 Å². The third-order valence-electron chi connectivity index (χ3n) is 5.56. The lowest BCUT2D eigenvalue weighted by atomic mass is 9.84. The first-order chi connectivity index (χ1) is 11.4. The zero-order valence-corrected chi connectivity index (χ0v) is 15.3.